The van der Waals surface area contributed by atoms with Crippen molar-refractivity contribution < 1.29 is 14.3 Å². The van der Waals surface area contributed by atoms with Crippen LogP contribution in [0.2, 0.25) is 0 Å². The van der Waals surface area contributed by atoms with Gasteiger partial charge in [0.25, 0.3) is 0 Å². The number of ether oxygens (including phenoxy) is 2. The van der Waals surface area contributed by atoms with E-state index in [9.17, 15) is 4.79 Å². The highest BCUT2D eigenvalue weighted by Crippen LogP contribution is 2.40. The molecule has 0 spiro atoms. The lowest BCUT2D eigenvalue weighted by Crippen LogP contribution is -2.46. The van der Waals surface area contributed by atoms with E-state index in [-0.39, 0.29) is 23.9 Å². The maximum Gasteiger partial charge on any atom is 0.229 e. The van der Waals surface area contributed by atoms with Crippen LogP contribution in [0.5, 0.6) is 11.6 Å². The lowest BCUT2D eigenvalue weighted by atomic mass is 9.94. The molecular weight excluding hydrogens is 368 g/mol. The number of carbonyl (C=O) groups excluding carboxylic acids is 1. The Balaban J connectivity index is 1.43. The summed E-state index contributed by atoms with van der Waals surface area (Å²) in [7, 11) is 1.66. The van der Waals surface area contributed by atoms with E-state index in [1.165, 1.54) is 0 Å². The van der Waals surface area contributed by atoms with Crippen LogP contribution in [0, 0.1) is 5.92 Å². The van der Waals surface area contributed by atoms with Gasteiger partial charge in [-0.2, -0.15) is 4.98 Å². The molecule has 0 radical (unpaired) electrons. The first kappa shape index (κ1) is 19.6. The maximum absolute atomic E-state index is 12.5. The van der Waals surface area contributed by atoms with E-state index < -0.39 is 0 Å². The third-order valence-electron chi connectivity index (χ3n) is 5.88. The molecular formula is C22H28N4O3. The minimum atomic E-state index is -0.0543. The number of fused-ring (bicyclic) bond motifs is 2. The Morgan fingerprint density at radius 1 is 1.28 bits per heavy atom. The molecule has 2 saturated heterocycles. The number of nitrogens with one attached hydrogen (secondary N) is 1. The summed E-state index contributed by atoms with van der Waals surface area (Å²) in [6, 6.07) is 12.1. The molecule has 1 aromatic heterocycles. The van der Waals surface area contributed by atoms with Crippen molar-refractivity contribution in [2.24, 2.45) is 5.92 Å². The highest BCUT2D eigenvalue weighted by Gasteiger charge is 2.48. The van der Waals surface area contributed by atoms with E-state index in [4.69, 9.17) is 9.47 Å². The summed E-state index contributed by atoms with van der Waals surface area (Å²) < 4.78 is 11.0. The zero-order valence-corrected chi connectivity index (χ0v) is 17.0. The maximum atomic E-state index is 12.5. The van der Waals surface area contributed by atoms with Crippen molar-refractivity contribution in [2.45, 2.75) is 50.7 Å². The van der Waals surface area contributed by atoms with Crippen LogP contribution in [0.4, 0.5) is 5.95 Å². The molecule has 1 N–H and O–H groups in total. The number of anilines is 1. The van der Waals surface area contributed by atoms with Crippen LogP contribution >= 0.6 is 0 Å². The average molecular weight is 396 g/mol. The van der Waals surface area contributed by atoms with Crippen molar-refractivity contribution in [3.05, 3.63) is 42.6 Å². The molecule has 0 aliphatic carbocycles. The lowest BCUT2D eigenvalue weighted by molar-refractivity contribution is -0.125. The smallest absolute Gasteiger partial charge is 0.229 e. The van der Waals surface area contributed by atoms with Gasteiger partial charge in [-0.15, -0.1) is 0 Å². The molecule has 7 heteroatoms. The zero-order chi connectivity index (χ0) is 20.2. The fourth-order valence-corrected chi connectivity index (χ4v) is 4.33. The minimum absolute atomic E-state index is 0.0543. The summed E-state index contributed by atoms with van der Waals surface area (Å²) in [5, 5.41) is 3.25. The van der Waals surface area contributed by atoms with Crippen molar-refractivity contribution in [1.82, 2.24) is 15.3 Å². The fraction of sp³-hybridized carbons (Fsp3) is 0.500. The lowest BCUT2D eigenvalue weighted by Gasteiger charge is -2.26. The molecule has 2 aliphatic heterocycles. The normalized spacial score (nSPS) is 23.8. The van der Waals surface area contributed by atoms with Gasteiger partial charge in [0.05, 0.1) is 12.1 Å². The van der Waals surface area contributed by atoms with Gasteiger partial charge in [-0.1, -0.05) is 25.1 Å². The van der Waals surface area contributed by atoms with Gasteiger partial charge in [0.2, 0.25) is 17.7 Å². The second kappa shape index (κ2) is 8.78. The van der Waals surface area contributed by atoms with Crippen LogP contribution in [0.1, 0.15) is 32.6 Å². The largest absolute Gasteiger partial charge is 0.439 e. The number of amides is 1. The Morgan fingerprint density at radius 3 is 2.90 bits per heavy atom. The summed E-state index contributed by atoms with van der Waals surface area (Å²) in [6.45, 7) is 2.55. The van der Waals surface area contributed by atoms with Crippen LogP contribution in [-0.4, -0.2) is 47.7 Å². The van der Waals surface area contributed by atoms with Gasteiger partial charge >= 0.3 is 0 Å². The predicted molar refractivity (Wildman–Crippen MR) is 110 cm³/mol. The summed E-state index contributed by atoms with van der Waals surface area (Å²) >= 11 is 0. The number of para-hydroxylation sites is 1. The van der Waals surface area contributed by atoms with E-state index in [2.05, 4.69) is 20.2 Å². The molecule has 2 fully saturated rings. The molecule has 1 aromatic carbocycles. The Hall–Kier alpha value is -2.67. The Morgan fingerprint density at radius 2 is 2.10 bits per heavy atom. The van der Waals surface area contributed by atoms with E-state index in [0.29, 0.717) is 24.5 Å². The fourth-order valence-electron chi connectivity index (χ4n) is 4.33. The third kappa shape index (κ3) is 4.34. The first-order valence-electron chi connectivity index (χ1n) is 10.3. The highest BCUT2D eigenvalue weighted by molar-refractivity contribution is 5.78. The molecule has 1 amide bonds. The first-order valence-corrected chi connectivity index (χ1v) is 10.3. The van der Waals surface area contributed by atoms with Crippen LogP contribution < -0.4 is 15.0 Å². The number of carbonyl (C=O) groups is 1. The molecule has 2 aromatic rings. The van der Waals surface area contributed by atoms with Crippen LogP contribution in [-0.2, 0) is 9.53 Å². The van der Waals surface area contributed by atoms with Crippen molar-refractivity contribution >= 4 is 11.9 Å². The quantitative estimate of drug-likeness (QED) is 0.739. The number of hydrogen-bond acceptors (Lipinski definition) is 6. The molecule has 4 rings (SSSR count). The standard InChI is InChI=1S/C22H28N4O3/c1-15(11-13-28-2)21(27)24-18-14-16-8-9-19(18)26(16)22-23-12-10-20(25-22)29-17-6-4-3-5-7-17/h3-7,10,12,15-16,18-19H,8-9,11,13-14H2,1-2H3,(H,24,27)/t15?,16-,18+,19+/m0/s1. The number of nitrogens with zero attached hydrogens (tertiary/aromatic N) is 3. The van der Waals surface area contributed by atoms with Gasteiger partial charge in [-0.05, 0) is 37.8 Å². The molecule has 2 aliphatic rings. The van der Waals surface area contributed by atoms with Crippen LogP contribution in [0.15, 0.2) is 42.6 Å². The number of methoxy groups -OCH3 is 1. The predicted octanol–water partition coefficient (Wildman–Crippen LogP) is 3.17. The van der Waals surface area contributed by atoms with Crippen molar-refractivity contribution in [1.29, 1.82) is 0 Å². The highest BCUT2D eigenvalue weighted by atomic mass is 16.5. The Kier molecular flexibility index (Phi) is 5.94. The average Bonchev–Trinajstić information content (AvgIpc) is 3.30. The van der Waals surface area contributed by atoms with Gasteiger partial charge in [-0.25, -0.2) is 4.98 Å². The zero-order valence-electron chi connectivity index (χ0n) is 17.0. The number of rotatable bonds is 8. The second-order valence-corrected chi connectivity index (χ2v) is 7.85. The van der Waals surface area contributed by atoms with Gasteiger partial charge < -0.3 is 19.7 Å². The van der Waals surface area contributed by atoms with Crippen LogP contribution in [0.3, 0.4) is 0 Å². The molecule has 0 saturated carbocycles. The van der Waals surface area contributed by atoms with Crippen molar-refractivity contribution in [2.75, 3.05) is 18.6 Å². The molecule has 7 nitrogen and oxygen atoms in total. The van der Waals surface area contributed by atoms with Crippen LogP contribution in [0.25, 0.3) is 0 Å². The summed E-state index contributed by atoms with van der Waals surface area (Å²) in [5.74, 6) is 2.00. The molecule has 29 heavy (non-hydrogen) atoms. The minimum Gasteiger partial charge on any atom is -0.439 e. The number of aromatic nitrogens is 2. The number of benzene rings is 1. The molecule has 4 atom stereocenters. The third-order valence-corrected chi connectivity index (χ3v) is 5.88. The van der Waals surface area contributed by atoms with E-state index in [0.717, 1.165) is 31.4 Å². The van der Waals surface area contributed by atoms with Gasteiger partial charge in [0, 0.05) is 37.9 Å². The van der Waals surface area contributed by atoms with E-state index in [1.54, 1.807) is 19.4 Å². The van der Waals surface area contributed by atoms with Crippen molar-refractivity contribution in [3.8, 4) is 11.6 Å². The summed E-state index contributed by atoms with van der Waals surface area (Å²) in [5.41, 5.74) is 0. The SMILES string of the molecule is COCCC(C)C(=O)N[C@@H]1C[C@@H]2CC[C@H]1N2c1nccc(Oc2ccccc2)n1. The molecule has 2 bridgehead atoms. The Bertz CT molecular complexity index is 832. The molecule has 3 heterocycles. The van der Waals surface area contributed by atoms with Gasteiger partial charge in [0.15, 0.2) is 0 Å². The van der Waals surface area contributed by atoms with Gasteiger partial charge in [-0.3, -0.25) is 4.79 Å². The van der Waals surface area contributed by atoms with E-state index in [1.807, 2.05) is 37.3 Å². The molecule has 1 unspecified atom stereocenters. The van der Waals surface area contributed by atoms with E-state index >= 15 is 0 Å². The summed E-state index contributed by atoms with van der Waals surface area (Å²) in [4.78, 5) is 24.0. The second-order valence-electron chi connectivity index (χ2n) is 7.85. The first-order chi connectivity index (χ1) is 14.2. The number of hydrogen-bond donors (Lipinski definition) is 1. The topological polar surface area (TPSA) is 76.6 Å². The molecule has 154 valence electrons. The van der Waals surface area contributed by atoms with Crippen molar-refractivity contribution in [3.63, 3.8) is 0 Å². The monoisotopic (exact) mass is 396 g/mol. The Labute approximate surface area is 171 Å². The summed E-state index contributed by atoms with van der Waals surface area (Å²) in [6.07, 6.45) is 5.53. The van der Waals surface area contributed by atoms with Gasteiger partial charge in [0.1, 0.15) is 5.75 Å².